The van der Waals surface area contributed by atoms with Gasteiger partial charge in [-0.15, -0.1) is 0 Å². The van der Waals surface area contributed by atoms with Crippen LogP contribution in [-0.2, 0) is 38.4 Å². The molecule has 18 heteroatoms. The molecule has 1 aromatic heterocycles. The largest absolute Gasteiger partial charge is 0.481 e. The van der Waals surface area contributed by atoms with E-state index in [1.165, 1.54) is 32.0 Å². The van der Waals surface area contributed by atoms with Crippen LogP contribution in [0.3, 0.4) is 0 Å². The third-order valence-corrected chi connectivity index (χ3v) is 6.83. The van der Waals surface area contributed by atoms with Gasteiger partial charge in [-0.2, -0.15) is 0 Å². The highest BCUT2D eigenvalue weighted by Crippen LogP contribution is 2.21. The number of aryl methyl sites for hydroxylation is 1. The van der Waals surface area contributed by atoms with Crippen molar-refractivity contribution in [3.05, 3.63) is 40.2 Å². The molecule has 0 saturated heterocycles. The van der Waals surface area contributed by atoms with Gasteiger partial charge in [-0.3, -0.25) is 38.4 Å². The molecule has 8 N–H and O–H groups in total. The molecule has 0 fully saturated rings. The summed E-state index contributed by atoms with van der Waals surface area (Å²) in [5.74, 6) is -9.79. The molecule has 0 aliphatic carbocycles. The summed E-state index contributed by atoms with van der Waals surface area (Å²) in [6.45, 7) is 5.73. The van der Waals surface area contributed by atoms with Crippen LogP contribution in [-0.4, -0.2) is 86.9 Å². The second-order valence-electron chi connectivity index (χ2n) is 11.2. The summed E-state index contributed by atoms with van der Waals surface area (Å²) in [6, 6.07) is -0.645. The molecule has 48 heavy (non-hydrogen) atoms. The van der Waals surface area contributed by atoms with Crippen LogP contribution in [0, 0.1) is 12.8 Å². The maximum atomic E-state index is 13.3. The number of hydrogen-bond donors (Lipinski definition) is 8. The van der Waals surface area contributed by atoms with Crippen LogP contribution in [0.25, 0.3) is 11.0 Å². The predicted molar refractivity (Wildman–Crippen MR) is 165 cm³/mol. The van der Waals surface area contributed by atoms with Crippen molar-refractivity contribution in [2.75, 3.05) is 5.32 Å². The molecule has 0 aliphatic heterocycles. The number of benzene rings is 1. The lowest BCUT2D eigenvalue weighted by Gasteiger charge is -2.27. The number of anilines is 1. The fourth-order valence-electron chi connectivity index (χ4n) is 4.50. The standard InChI is InChI=1S/C30H37N5O13/c1-13(2)26(35-27(44)18(7-8-22(37)38)33-29(46)19(11-23(39)40)31-15(4)36)30(47)34-20(12-24(41)42)28(45)32-16-5-6-17-14(3)9-25(43)48-21(17)10-16/h5-6,9-10,13,18-20,26H,7-8,11-12H2,1-4H3,(H,31,36)(H,32,45)(H,33,46)(H,34,47)(H,35,44)(H,37,38)(H,39,40)(H,41,42)/t18-,19+,20-,26+/m0/s1. The summed E-state index contributed by atoms with van der Waals surface area (Å²) in [5, 5.41) is 39.7. The van der Waals surface area contributed by atoms with Gasteiger partial charge in [0, 0.05) is 36.6 Å². The first-order valence-corrected chi connectivity index (χ1v) is 14.6. The molecule has 5 amide bonds. The Morgan fingerprint density at radius 2 is 1.29 bits per heavy atom. The topological polar surface area (TPSA) is 288 Å². The minimum Gasteiger partial charge on any atom is -0.481 e. The van der Waals surface area contributed by atoms with E-state index >= 15 is 0 Å². The van der Waals surface area contributed by atoms with E-state index in [0.29, 0.717) is 10.9 Å². The lowest BCUT2D eigenvalue weighted by Crippen LogP contribution is -2.59. The molecule has 2 rings (SSSR count). The van der Waals surface area contributed by atoms with E-state index in [9.17, 15) is 48.3 Å². The van der Waals surface area contributed by atoms with Gasteiger partial charge in [-0.1, -0.05) is 13.8 Å². The van der Waals surface area contributed by atoms with Gasteiger partial charge in [-0.05, 0) is 37.0 Å². The Morgan fingerprint density at radius 1 is 0.729 bits per heavy atom. The van der Waals surface area contributed by atoms with Gasteiger partial charge < -0.3 is 46.3 Å². The summed E-state index contributed by atoms with van der Waals surface area (Å²) in [7, 11) is 0. The Hall–Kier alpha value is -5.81. The SMILES string of the molecule is CC(=O)N[C@H](CC(=O)O)C(=O)N[C@@H](CCC(=O)O)C(=O)N[C@@H](C(=O)N[C@@H](CC(=O)O)C(=O)Nc1ccc2c(C)cc(=O)oc2c1)C(C)C. The molecular formula is C30H37N5O13. The Balaban J connectivity index is 2.27. The normalized spacial score (nSPS) is 13.4. The number of carbonyl (C=O) groups excluding carboxylic acids is 5. The highest BCUT2D eigenvalue weighted by atomic mass is 16.4. The van der Waals surface area contributed by atoms with Crippen LogP contribution in [0.2, 0.25) is 0 Å². The van der Waals surface area contributed by atoms with E-state index in [1.807, 2.05) is 0 Å². The van der Waals surface area contributed by atoms with Crippen LogP contribution < -0.4 is 32.2 Å². The number of nitrogens with one attached hydrogen (secondary N) is 5. The molecular weight excluding hydrogens is 638 g/mol. The Labute approximate surface area is 272 Å². The first kappa shape index (κ1) is 38.4. The van der Waals surface area contributed by atoms with Crippen molar-refractivity contribution in [2.24, 2.45) is 5.92 Å². The number of rotatable bonds is 17. The van der Waals surface area contributed by atoms with Crippen molar-refractivity contribution in [3.63, 3.8) is 0 Å². The first-order valence-electron chi connectivity index (χ1n) is 14.6. The van der Waals surface area contributed by atoms with Crippen molar-refractivity contribution >= 4 is 64.1 Å². The van der Waals surface area contributed by atoms with E-state index in [1.54, 1.807) is 13.0 Å². The zero-order chi connectivity index (χ0) is 36.3. The van der Waals surface area contributed by atoms with Gasteiger partial charge in [0.25, 0.3) is 0 Å². The van der Waals surface area contributed by atoms with Crippen molar-refractivity contribution in [3.8, 4) is 0 Å². The van der Waals surface area contributed by atoms with Gasteiger partial charge in [0.05, 0.1) is 12.8 Å². The van der Waals surface area contributed by atoms with E-state index < -0.39 is 109 Å². The summed E-state index contributed by atoms with van der Waals surface area (Å²) in [5.41, 5.74) is 0.264. The second kappa shape index (κ2) is 17.2. The van der Waals surface area contributed by atoms with Crippen LogP contribution in [0.4, 0.5) is 5.69 Å². The average molecular weight is 676 g/mol. The smallest absolute Gasteiger partial charge is 0.336 e. The van der Waals surface area contributed by atoms with E-state index in [-0.39, 0.29) is 11.3 Å². The van der Waals surface area contributed by atoms with E-state index in [0.717, 1.165) is 6.92 Å². The minimum atomic E-state index is -1.66. The molecule has 18 nitrogen and oxygen atoms in total. The molecule has 0 bridgehead atoms. The summed E-state index contributed by atoms with van der Waals surface area (Å²) < 4.78 is 5.16. The van der Waals surface area contributed by atoms with Crippen LogP contribution in [0.15, 0.2) is 33.5 Å². The van der Waals surface area contributed by atoms with Gasteiger partial charge in [0.15, 0.2) is 0 Å². The predicted octanol–water partition coefficient (Wildman–Crippen LogP) is -0.531. The molecule has 2 aromatic rings. The molecule has 0 spiro atoms. The number of amides is 5. The van der Waals surface area contributed by atoms with Gasteiger partial charge in [-0.25, -0.2) is 4.79 Å². The molecule has 0 radical (unpaired) electrons. The van der Waals surface area contributed by atoms with Crippen molar-refractivity contribution in [2.45, 2.75) is 77.5 Å². The first-order chi connectivity index (χ1) is 22.4. The average Bonchev–Trinajstić information content (AvgIpc) is 2.95. The lowest BCUT2D eigenvalue weighted by molar-refractivity contribution is -0.142. The number of fused-ring (bicyclic) bond motifs is 1. The second-order valence-corrected chi connectivity index (χ2v) is 11.2. The third-order valence-electron chi connectivity index (χ3n) is 6.83. The molecule has 4 atom stereocenters. The highest BCUT2D eigenvalue weighted by molar-refractivity contribution is 6.01. The zero-order valence-electron chi connectivity index (χ0n) is 26.4. The number of aliphatic carboxylic acids is 3. The molecule has 1 heterocycles. The number of carboxylic acid groups (broad SMARTS) is 3. The molecule has 0 unspecified atom stereocenters. The van der Waals surface area contributed by atoms with Crippen LogP contribution >= 0.6 is 0 Å². The Bertz CT molecular complexity index is 1640. The van der Waals surface area contributed by atoms with Gasteiger partial charge in [0.2, 0.25) is 29.5 Å². The lowest BCUT2D eigenvalue weighted by atomic mass is 10.0. The quantitative estimate of drug-likeness (QED) is 0.0980. The number of carboxylic acids is 3. The fraction of sp³-hybridized carbons (Fsp3) is 0.433. The van der Waals surface area contributed by atoms with Crippen LogP contribution in [0.5, 0.6) is 0 Å². The summed E-state index contributed by atoms with van der Waals surface area (Å²) in [4.78, 5) is 110. The minimum absolute atomic E-state index is 0.122. The van der Waals surface area contributed by atoms with Crippen molar-refractivity contribution < 1.29 is 58.1 Å². The van der Waals surface area contributed by atoms with Gasteiger partial charge >= 0.3 is 23.5 Å². The van der Waals surface area contributed by atoms with Crippen molar-refractivity contribution in [1.82, 2.24) is 21.3 Å². The Kier molecular flexibility index (Phi) is 13.8. The maximum Gasteiger partial charge on any atom is 0.336 e. The summed E-state index contributed by atoms with van der Waals surface area (Å²) in [6.07, 6.45) is -2.84. The van der Waals surface area contributed by atoms with Crippen molar-refractivity contribution in [1.29, 1.82) is 0 Å². The molecule has 0 saturated carbocycles. The van der Waals surface area contributed by atoms with Crippen LogP contribution in [0.1, 0.15) is 52.0 Å². The zero-order valence-corrected chi connectivity index (χ0v) is 26.4. The fourth-order valence-corrected chi connectivity index (χ4v) is 4.50. The number of carbonyl (C=O) groups is 8. The maximum absolute atomic E-state index is 13.3. The summed E-state index contributed by atoms with van der Waals surface area (Å²) >= 11 is 0. The highest BCUT2D eigenvalue weighted by Gasteiger charge is 2.34. The monoisotopic (exact) mass is 675 g/mol. The third kappa shape index (κ3) is 11.8. The molecule has 1 aromatic carbocycles. The number of hydrogen-bond acceptors (Lipinski definition) is 10. The van der Waals surface area contributed by atoms with E-state index in [2.05, 4.69) is 26.6 Å². The molecule has 0 aliphatic rings. The van der Waals surface area contributed by atoms with E-state index in [4.69, 9.17) is 14.6 Å². The van der Waals surface area contributed by atoms with Gasteiger partial charge in [0.1, 0.15) is 29.8 Å². The Morgan fingerprint density at radius 3 is 1.83 bits per heavy atom. The molecule has 260 valence electrons.